The lowest BCUT2D eigenvalue weighted by atomic mass is 9.96. The number of rotatable bonds is 5. The second-order valence-corrected chi connectivity index (χ2v) is 6.25. The molecule has 0 aromatic heterocycles. The number of hydrogen-bond acceptors (Lipinski definition) is 2. The number of hydrogen-bond donors (Lipinski definition) is 2. The van der Waals surface area contributed by atoms with Crippen molar-refractivity contribution in [1.29, 1.82) is 0 Å². The minimum absolute atomic E-state index is 0.0201. The van der Waals surface area contributed by atoms with Crippen molar-refractivity contribution in [3.63, 3.8) is 0 Å². The van der Waals surface area contributed by atoms with Gasteiger partial charge in [0.15, 0.2) is 0 Å². The van der Waals surface area contributed by atoms with E-state index in [2.05, 4.69) is 10.6 Å². The molecule has 5 nitrogen and oxygen atoms in total. The summed E-state index contributed by atoms with van der Waals surface area (Å²) in [6.07, 6.45) is 5.65. The van der Waals surface area contributed by atoms with Crippen molar-refractivity contribution in [1.82, 2.24) is 15.5 Å². The SMILES string of the molecule is C[C@@H](c1ccccc1)N(C)C(=O)CNC(=O)NC1CCCCC1. The number of nitrogens with zero attached hydrogens (tertiary/aromatic N) is 1. The summed E-state index contributed by atoms with van der Waals surface area (Å²) in [6, 6.07) is 9.85. The lowest BCUT2D eigenvalue weighted by molar-refractivity contribution is -0.130. The van der Waals surface area contributed by atoms with E-state index in [-0.39, 0.29) is 30.6 Å². The van der Waals surface area contributed by atoms with Crippen LogP contribution in [0, 0.1) is 0 Å². The smallest absolute Gasteiger partial charge is 0.315 e. The van der Waals surface area contributed by atoms with Gasteiger partial charge in [-0.1, -0.05) is 49.6 Å². The molecule has 1 atom stereocenters. The zero-order valence-electron chi connectivity index (χ0n) is 14.0. The first kappa shape index (κ1) is 17.3. The van der Waals surface area contributed by atoms with Gasteiger partial charge < -0.3 is 15.5 Å². The third-order valence-corrected chi connectivity index (χ3v) is 4.60. The van der Waals surface area contributed by atoms with E-state index in [9.17, 15) is 9.59 Å². The van der Waals surface area contributed by atoms with Crippen LogP contribution >= 0.6 is 0 Å². The number of likely N-dealkylation sites (N-methyl/N-ethyl adjacent to an activating group) is 1. The highest BCUT2D eigenvalue weighted by molar-refractivity contribution is 5.84. The third-order valence-electron chi connectivity index (χ3n) is 4.60. The van der Waals surface area contributed by atoms with Crippen LogP contribution in [-0.4, -0.2) is 36.5 Å². The van der Waals surface area contributed by atoms with Crippen LogP contribution < -0.4 is 10.6 Å². The van der Waals surface area contributed by atoms with E-state index in [4.69, 9.17) is 0 Å². The Labute approximate surface area is 138 Å². The maximum Gasteiger partial charge on any atom is 0.315 e. The summed E-state index contributed by atoms with van der Waals surface area (Å²) < 4.78 is 0. The highest BCUT2D eigenvalue weighted by Gasteiger charge is 2.19. The lowest BCUT2D eigenvalue weighted by Crippen LogP contribution is -2.46. The molecule has 2 rings (SSSR count). The highest BCUT2D eigenvalue weighted by atomic mass is 16.2. The largest absolute Gasteiger partial charge is 0.337 e. The Balaban J connectivity index is 1.76. The fourth-order valence-corrected chi connectivity index (χ4v) is 2.94. The Morgan fingerprint density at radius 1 is 1.17 bits per heavy atom. The summed E-state index contributed by atoms with van der Waals surface area (Å²) >= 11 is 0. The predicted octanol–water partition coefficient (Wildman–Crippen LogP) is 2.84. The van der Waals surface area contributed by atoms with Gasteiger partial charge in [-0.25, -0.2) is 4.79 Å². The van der Waals surface area contributed by atoms with Gasteiger partial charge in [0, 0.05) is 13.1 Å². The number of benzene rings is 1. The minimum Gasteiger partial charge on any atom is -0.337 e. The molecule has 1 aromatic carbocycles. The van der Waals surface area contributed by atoms with E-state index in [1.54, 1.807) is 11.9 Å². The van der Waals surface area contributed by atoms with Gasteiger partial charge in [-0.15, -0.1) is 0 Å². The molecular weight excluding hydrogens is 290 g/mol. The monoisotopic (exact) mass is 317 g/mol. The van der Waals surface area contributed by atoms with E-state index in [1.807, 2.05) is 37.3 Å². The van der Waals surface area contributed by atoms with E-state index >= 15 is 0 Å². The Hall–Kier alpha value is -2.04. The van der Waals surface area contributed by atoms with Crippen LogP contribution in [0.3, 0.4) is 0 Å². The Bertz CT molecular complexity index is 512. The molecule has 3 amide bonds. The summed E-state index contributed by atoms with van der Waals surface area (Å²) in [6.45, 7) is 2.00. The maximum atomic E-state index is 12.2. The average molecular weight is 317 g/mol. The van der Waals surface area contributed by atoms with E-state index in [1.165, 1.54) is 19.3 Å². The molecule has 0 radical (unpaired) electrons. The molecule has 1 saturated carbocycles. The van der Waals surface area contributed by atoms with E-state index in [0.717, 1.165) is 18.4 Å². The Morgan fingerprint density at radius 2 is 1.83 bits per heavy atom. The topological polar surface area (TPSA) is 61.4 Å². The molecule has 0 spiro atoms. The Kier molecular flexibility index (Phi) is 6.44. The summed E-state index contributed by atoms with van der Waals surface area (Å²) in [7, 11) is 1.76. The fourth-order valence-electron chi connectivity index (χ4n) is 2.94. The van der Waals surface area contributed by atoms with Crippen molar-refractivity contribution in [2.24, 2.45) is 0 Å². The van der Waals surface area contributed by atoms with Gasteiger partial charge in [-0.3, -0.25) is 4.79 Å². The first-order valence-electron chi connectivity index (χ1n) is 8.43. The zero-order valence-corrected chi connectivity index (χ0v) is 14.0. The molecule has 0 heterocycles. The van der Waals surface area contributed by atoms with Crippen LogP contribution in [-0.2, 0) is 4.79 Å². The quantitative estimate of drug-likeness (QED) is 0.877. The van der Waals surface area contributed by atoms with Crippen molar-refractivity contribution in [3.8, 4) is 0 Å². The molecule has 1 aromatic rings. The van der Waals surface area contributed by atoms with Crippen LogP contribution in [0.25, 0.3) is 0 Å². The molecule has 1 aliphatic rings. The molecule has 2 N–H and O–H groups in total. The number of urea groups is 1. The van der Waals surface area contributed by atoms with Gasteiger partial charge in [-0.2, -0.15) is 0 Å². The summed E-state index contributed by atoms with van der Waals surface area (Å²) in [5.74, 6) is -0.0971. The first-order valence-corrected chi connectivity index (χ1v) is 8.43. The fraction of sp³-hybridized carbons (Fsp3) is 0.556. The van der Waals surface area contributed by atoms with E-state index in [0.29, 0.717) is 0 Å². The van der Waals surface area contributed by atoms with Crippen LogP contribution in [0.1, 0.15) is 50.6 Å². The number of carbonyl (C=O) groups excluding carboxylic acids is 2. The first-order chi connectivity index (χ1) is 11.1. The molecule has 0 unspecified atom stereocenters. The summed E-state index contributed by atoms with van der Waals surface area (Å²) in [4.78, 5) is 25.8. The van der Waals surface area contributed by atoms with Crippen molar-refractivity contribution in [3.05, 3.63) is 35.9 Å². The van der Waals surface area contributed by atoms with E-state index < -0.39 is 0 Å². The molecule has 0 aliphatic heterocycles. The van der Waals surface area contributed by atoms with Crippen LogP contribution in [0.15, 0.2) is 30.3 Å². The number of amides is 3. The van der Waals surface area contributed by atoms with Crippen molar-refractivity contribution in [2.75, 3.05) is 13.6 Å². The molecule has 1 fully saturated rings. The molecule has 5 heteroatoms. The van der Waals surface area contributed by atoms with Crippen LogP contribution in [0.5, 0.6) is 0 Å². The number of carbonyl (C=O) groups is 2. The number of nitrogens with one attached hydrogen (secondary N) is 2. The second kappa shape index (κ2) is 8.56. The van der Waals surface area contributed by atoms with Crippen LogP contribution in [0.4, 0.5) is 4.79 Å². The standard InChI is InChI=1S/C18H27N3O2/c1-14(15-9-5-3-6-10-15)21(2)17(22)13-19-18(23)20-16-11-7-4-8-12-16/h3,5-6,9-10,14,16H,4,7-8,11-13H2,1-2H3,(H2,19,20,23)/t14-/m0/s1. The van der Waals surface area contributed by atoms with Gasteiger partial charge in [0.1, 0.15) is 0 Å². The zero-order chi connectivity index (χ0) is 16.7. The van der Waals surface area contributed by atoms with Gasteiger partial charge >= 0.3 is 6.03 Å². The molecular formula is C18H27N3O2. The summed E-state index contributed by atoms with van der Waals surface area (Å²) in [5.41, 5.74) is 1.08. The van der Waals surface area contributed by atoms with Gasteiger partial charge in [-0.05, 0) is 25.3 Å². The third kappa shape index (κ3) is 5.27. The average Bonchev–Trinajstić information content (AvgIpc) is 2.60. The van der Waals surface area contributed by atoms with Gasteiger partial charge in [0.25, 0.3) is 0 Å². The van der Waals surface area contributed by atoms with Crippen molar-refractivity contribution in [2.45, 2.75) is 51.1 Å². The molecule has 0 saturated heterocycles. The predicted molar refractivity (Wildman–Crippen MR) is 91.0 cm³/mol. The molecule has 0 bridgehead atoms. The van der Waals surface area contributed by atoms with Crippen molar-refractivity contribution >= 4 is 11.9 Å². The molecule has 1 aliphatic carbocycles. The second-order valence-electron chi connectivity index (χ2n) is 6.25. The molecule has 126 valence electrons. The highest BCUT2D eigenvalue weighted by Crippen LogP contribution is 2.18. The lowest BCUT2D eigenvalue weighted by Gasteiger charge is -2.26. The Morgan fingerprint density at radius 3 is 2.48 bits per heavy atom. The maximum absolute atomic E-state index is 12.2. The van der Waals surface area contributed by atoms with Gasteiger partial charge in [0.2, 0.25) is 5.91 Å². The minimum atomic E-state index is -0.244. The normalized spacial score (nSPS) is 16.4. The van der Waals surface area contributed by atoms with Gasteiger partial charge in [0.05, 0.1) is 12.6 Å². The summed E-state index contributed by atoms with van der Waals surface area (Å²) in [5, 5.41) is 5.63. The van der Waals surface area contributed by atoms with Crippen LogP contribution in [0.2, 0.25) is 0 Å². The van der Waals surface area contributed by atoms with Crippen molar-refractivity contribution < 1.29 is 9.59 Å². The molecule has 23 heavy (non-hydrogen) atoms.